The Kier molecular flexibility index (Phi) is 5.11. The van der Waals surface area contributed by atoms with Gasteiger partial charge in [-0.05, 0) is 38.2 Å². The zero-order chi connectivity index (χ0) is 23.2. The fourth-order valence-electron chi connectivity index (χ4n) is 4.26. The highest BCUT2D eigenvalue weighted by atomic mass is 19.4. The van der Waals surface area contributed by atoms with Gasteiger partial charge in [0.25, 0.3) is 5.88 Å². The van der Waals surface area contributed by atoms with Crippen molar-refractivity contribution in [2.75, 3.05) is 5.32 Å². The zero-order valence-electron chi connectivity index (χ0n) is 17.7. The molecule has 12 heteroatoms. The lowest BCUT2D eigenvalue weighted by molar-refractivity contribution is -0.275. The normalized spacial score (nSPS) is 21.5. The summed E-state index contributed by atoms with van der Waals surface area (Å²) in [4.78, 5) is 12.4. The minimum atomic E-state index is -4.93. The Bertz CT molecular complexity index is 1290. The number of imidazole rings is 1. The van der Waals surface area contributed by atoms with Gasteiger partial charge in [-0.3, -0.25) is 4.40 Å². The van der Waals surface area contributed by atoms with Gasteiger partial charge in [-0.15, -0.1) is 18.3 Å². The molecule has 0 atom stereocenters. The Balaban J connectivity index is 1.51. The van der Waals surface area contributed by atoms with Crippen LogP contribution in [-0.4, -0.2) is 52.1 Å². The summed E-state index contributed by atoms with van der Waals surface area (Å²) in [6.07, 6.45) is 6.33. The van der Waals surface area contributed by atoms with Crippen LogP contribution in [0.5, 0.6) is 5.88 Å². The van der Waals surface area contributed by atoms with Crippen LogP contribution in [0, 0.1) is 0 Å². The van der Waals surface area contributed by atoms with E-state index in [1.807, 2.05) is 6.92 Å². The van der Waals surface area contributed by atoms with E-state index < -0.39 is 17.8 Å². The van der Waals surface area contributed by atoms with Crippen molar-refractivity contribution in [1.29, 1.82) is 0 Å². The second-order valence-electron chi connectivity index (χ2n) is 8.28. The van der Waals surface area contributed by atoms with Crippen molar-refractivity contribution in [3.8, 4) is 17.0 Å². The number of fused-ring (bicyclic) bond motifs is 2. The number of hydrogen-bond acceptors (Lipinski definition) is 7. The Morgan fingerprint density at radius 3 is 2.76 bits per heavy atom. The van der Waals surface area contributed by atoms with E-state index in [4.69, 9.17) is 0 Å². The smallest absolute Gasteiger partial charge is 0.390 e. The molecule has 4 aromatic rings. The molecule has 0 radical (unpaired) electrons. The molecular formula is C21H22F3N7O2. The molecule has 0 saturated heterocycles. The molecule has 4 aromatic heterocycles. The third kappa shape index (κ3) is 4.30. The second kappa shape index (κ2) is 7.87. The summed E-state index contributed by atoms with van der Waals surface area (Å²) in [5.74, 6) is -0.107. The van der Waals surface area contributed by atoms with Crippen LogP contribution in [0.25, 0.3) is 22.4 Å². The first-order chi connectivity index (χ1) is 15.7. The number of aliphatic hydroxyl groups is 1. The predicted octanol–water partition coefficient (Wildman–Crippen LogP) is 3.83. The van der Waals surface area contributed by atoms with Gasteiger partial charge in [-0.25, -0.2) is 14.5 Å². The third-order valence-corrected chi connectivity index (χ3v) is 6.16. The Labute approximate surface area is 186 Å². The molecule has 2 N–H and O–H groups in total. The summed E-state index contributed by atoms with van der Waals surface area (Å²) in [7, 11) is 0. The maximum Gasteiger partial charge on any atom is 0.574 e. The molecule has 0 amide bonds. The molecule has 174 valence electrons. The van der Waals surface area contributed by atoms with Gasteiger partial charge in [0, 0.05) is 48.2 Å². The molecule has 4 heterocycles. The number of rotatable bonds is 5. The molecule has 33 heavy (non-hydrogen) atoms. The van der Waals surface area contributed by atoms with Gasteiger partial charge < -0.3 is 15.2 Å². The lowest BCUT2D eigenvalue weighted by atomic mass is 9.80. The van der Waals surface area contributed by atoms with E-state index >= 15 is 0 Å². The number of aromatic nitrogens is 6. The maximum atomic E-state index is 13.2. The number of anilines is 1. The van der Waals surface area contributed by atoms with Crippen LogP contribution in [0.3, 0.4) is 0 Å². The van der Waals surface area contributed by atoms with Crippen molar-refractivity contribution in [2.24, 2.45) is 0 Å². The number of alkyl halides is 3. The standard InChI is InChI=1S/C21H22F3N7O2/c1-2-20(32)6-3-14(4-7-20)27-18-28-17(33-21(22,23)24)16-15(5-9-31(16)29-18)13-11-26-19-25-8-10-30(19)12-13/h5,8-12,14,32H,2-4,6-7H2,1H3,(H,27,29). The highest BCUT2D eigenvalue weighted by Gasteiger charge is 2.35. The van der Waals surface area contributed by atoms with Crippen molar-refractivity contribution in [1.82, 2.24) is 29.0 Å². The van der Waals surface area contributed by atoms with Gasteiger partial charge in [0.2, 0.25) is 11.7 Å². The average molecular weight is 461 g/mol. The zero-order valence-corrected chi connectivity index (χ0v) is 17.7. The van der Waals surface area contributed by atoms with E-state index in [-0.39, 0.29) is 17.5 Å². The monoisotopic (exact) mass is 461 g/mol. The molecule has 0 spiro atoms. The van der Waals surface area contributed by atoms with Crippen molar-refractivity contribution >= 4 is 17.2 Å². The molecule has 9 nitrogen and oxygen atoms in total. The minimum absolute atomic E-state index is 0.0269. The van der Waals surface area contributed by atoms with Gasteiger partial charge in [-0.1, -0.05) is 6.92 Å². The molecule has 0 aromatic carbocycles. The number of nitrogens with one attached hydrogen (secondary N) is 1. The molecule has 1 aliphatic rings. The first kappa shape index (κ1) is 21.4. The van der Waals surface area contributed by atoms with Gasteiger partial charge >= 0.3 is 6.36 Å². The van der Waals surface area contributed by atoms with Gasteiger partial charge in [0.15, 0.2) is 0 Å². The van der Waals surface area contributed by atoms with Crippen LogP contribution >= 0.6 is 0 Å². The molecule has 0 bridgehead atoms. The SMILES string of the molecule is CCC1(O)CCC(Nc2nc(OC(F)(F)F)c3c(-c4cnc5nccn5c4)ccn3n2)CC1. The number of hydrogen-bond donors (Lipinski definition) is 2. The van der Waals surface area contributed by atoms with E-state index in [9.17, 15) is 18.3 Å². The fourth-order valence-corrected chi connectivity index (χ4v) is 4.26. The quantitative estimate of drug-likeness (QED) is 0.466. The van der Waals surface area contributed by atoms with Crippen LogP contribution in [0.15, 0.2) is 37.1 Å². The number of nitrogens with zero attached hydrogens (tertiary/aromatic N) is 6. The summed E-state index contributed by atoms with van der Waals surface area (Å²) < 4.78 is 47.0. The number of halogens is 3. The molecule has 0 aliphatic heterocycles. The van der Waals surface area contributed by atoms with Crippen molar-refractivity contribution in [3.63, 3.8) is 0 Å². The minimum Gasteiger partial charge on any atom is -0.390 e. The first-order valence-corrected chi connectivity index (χ1v) is 10.7. The van der Waals surface area contributed by atoms with Gasteiger partial charge in [0.05, 0.1) is 5.60 Å². The summed E-state index contributed by atoms with van der Waals surface area (Å²) in [6.45, 7) is 1.94. The van der Waals surface area contributed by atoms with Crippen molar-refractivity contribution in [3.05, 3.63) is 37.1 Å². The van der Waals surface area contributed by atoms with Crippen LogP contribution in [0.1, 0.15) is 39.0 Å². The molecule has 0 unspecified atom stereocenters. The Hall–Kier alpha value is -3.41. The first-order valence-electron chi connectivity index (χ1n) is 10.7. The molecule has 1 aliphatic carbocycles. The Morgan fingerprint density at radius 1 is 1.24 bits per heavy atom. The molecule has 1 fully saturated rings. The van der Waals surface area contributed by atoms with Crippen LogP contribution in [-0.2, 0) is 0 Å². The lowest BCUT2D eigenvalue weighted by Gasteiger charge is -2.35. The highest BCUT2D eigenvalue weighted by Crippen LogP contribution is 2.35. The highest BCUT2D eigenvalue weighted by molar-refractivity contribution is 5.84. The predicted molar refractivity (Wildman–Crippen MR) is 113 cm³/mol. The van der Waals surface area contributed by atoms with Crippen molar-refractivity contribution < 1.29 is 23.0 Å². The molecule has 5 rings (SSSR count). The van der Waals surface area contributed by atoms with Crippen LogP contribution < -0.4 is 10.1 Å². The summed E-state index contributed by atoms with van der Waals surface area (Å²) in [5.41, 5.74) is 0.385. The van der Waals surface area contributed by atoms with Crippen LogP contribution in [0.4, 0.5) is 19.1 Å². The van der Waals surface area contributed by atoms with Gasteiger partial charge in [0.1, 0.15) is 5.52 Å². The summed E-state index contributed by atoms with van der Waals surface area (Å²) in [5, 5.41) is 17.9. The Morgan fingerprint density at radius 2 is 2.03 bits per heavy atom. The summed E-state index contributed by atoms with van der Waals surface area (Å²) >= 11 is 0. The van der Waals surface area contributed by atoms with E-state index in [0.717, 1.165) is 0 Å². The third-order valence-electron chi connectivity index (χ3n) is 6.16. The van der Waals surface area contributed by atoms with E-state index in [0.29, 0.717) is 49.0 Å². The summed E-state index contributed by atoms with van der Waals surface area (Å²) in [6, 6.07) is 1.58. The van der Waals surface area contributed by atoms with Crippen molar-refractivity contribution in [2.45, 2.75) is 57.0 Å². The largest absolute Gasteiger partial charge is 0.574 e. The lowest BCUT2D eigenvalue weighted by Crippen LogP contribution is -2.38. The average Bonchev–Trinajstić information content (AvgIpc) is 3.41. The topological polar surface area (TPSA) is 102 Å². The van der Waals surface area contributed by atoms with Crippen LogP contribution in [0.2, 0.25) is 0 Å². The van der Waals surface area contributed by atoms with E-state index in [1.165, 1.54) is 10.7 Å². The number of ether oxygens (including phenoxy) is 1. The van der Waals surface area contributed by atoms with E-state index in [2.05, 4.69) is 30.1 Å². The molecule has 1 saturated carbocycles. The fraction of sp³-hybridized carbons (Fsp3) is 0.429. The van der Waals surface area contributed by atoms with Gasteiger partial charge in [-0.2, -0.15) is 4.98 Å². The molecular weight excluding hydrogens is 439 g/mol. The second-order valence-corrected chi connectivity index (χ2v) is 8.28. The maximum absolute atomic E-state index is 13.2. The van der Waals surface area contributed by atoms with E-state index in [1.54, 1.807) is 35.3 Å².